The van der Waals surface area contributed by atoms with Crippen LogP contribution in [0.3, 0.4) is 0 Å². The smallest absolute Gasteiger partial charge is 0.322 e. The molecule has 0 bridgehead atoms. The van der Waals surface area contributed by atoms with Crippen molar-refractivity contribution in [3.8, 4) is 0 Å². The highest BCUT2D eigenvalue weighted by Gasteiger charge is 2.15. The van der Waals surface area contributed by atoms with Crippen LogP contribution in [0.2, 0.25) is 5.02 Å². The quantitative estimate of drug-likeness (QED) is 0.320. The highest BCUT2D eigenvalue weighted by molar-refractivity contribution is 7.92. The van der Waals surface area contributed by atoms with Crippen LogP contribution in [0.15, 0.2) is 82.5 Å². The number of hydrogen-bond donors (Lipinski definition) is 4. The number of aromatic amines is 2. The van der Waals surface area contributed by atoms with Crippen molar-refractivity contribution in [2.75, 3.05) is 10.0 Å². The van der Waals surface area contributed by atoms with E-state index in [1.54, 1.807) is 60.7 Å². The van der Waals surface area contributed by atoms with E-state index in [1.165, 1.54) is 18.2 Å². The van der Waals surface area contributed by atoms with Gasteiger partial charge in [-0.25, -0.2) is 13.2 Å². The number of carbonyl (C=O) groups is 1. The molecule has 0 saturated carbocycles. The Morgan fingerprint density at radius 2 is 1.66 bits per heavy atom. The Balaban J connectivity index is 1.42. The molecule has 32 heavy (non-hydrogen) atoms. The molecule has 0 radical (unpaired) electrons. The number of carbonyl (C=O) groups excluding carboxylic acids is 1. The maximum Gasteiger partial charge on any atom is 0.323 e. The molecule has 0 spiro atoms. The van der Waals surface area contributed by atoms with Gasteiger partial charge in [-0.2, -0.15) is 0 Å². The molecule has 0 atom stereocenters. The number of rotatable bonds is 6. The topological polar surface area (TPSA) is 124 Å². The van der Waals surface area contributed by atoms with Gasteiger partial charge in [0.1, 0.15) is 0 Å². The van der Waals surface area contributed by atoms with E-state index in [-0.39, 0.29) is 22.2 Å². The van der Waals surface area contributed by atoms with Gasteiger partial charge in [0.25, 0.3) is 10.0 Å². The number of sulfonamides is 1. The van der Waals surface area contributed by atoms with Gasteiger partial charge in [-0.05, 0) is 54.1 Å². The van der Waals surface area contributed by atoms with E-state index in [9.17, 15) is 18.0 Å². The first kappa shape index (κ1) is 21.4. The lowest BCUT2D eigenvalue weighted by Crippen LogP contribution is -2.13. The molecule has 0 fully saturated rings. The molecule has 3 aromatic carbocycles. The van der Waals surface area contributed by atoms with Crippen LogP contribution in [0.5, 0.6) is 0 Å². The lowest BCUT2D eigenvalue weighted by molar-refractivity contribution is -0.111. The standard InChI is InChI=1S/C22H17ClN4O4S/c23-17-3-1-2-4-18(17)27-32(30,31)16-9-5-14(6-10-16)7-12-21(28)24-15-8-11-19-20(13-15)26-22(29)25-19/h1-13,27H,(H,24,28)(H2,25,26,29)/b12-7+. The van der Waals surface area contributed by atoms with Crippen LogP contribution in [0.4, 0.5) is 11.4 Å². The molecular formula is C22H17ClN4O4S. The Kier molecular flexibility index (Phi) is 5.85. The van der Waals surface area contributed by atoms with Gasteiger partial charge >= 0.3 is 5.69 Å². The van der Waals surface area contributed by atoms with Crippen LogP contribution >= 0.6 is 11.6 Å². The number of fused-ring (bicyclic) bond motifs is 1. The van der Waals surface area contributed by atoms with Gasteiger partial charge in [0.05, 0.1) is 26.6 Å². The van der Waals surface area contributed by atoms with Crippen LogP contribution < -0.4 is 15.7 Å². The molecule has 0 aliphatic carbocycles. The number of amides is 1. The lowest BCUT2D eigenvalue weighted by Gasteiger charge is -2.09. The van der Waals surface area contributed by atoms with Crippen LogP contribution in [0, 0.1) is 0 Å². The Bertz CT molecular complexity index is 1490. The van der Waals surface area contributed by atoms with Gasteiger partial charge in [-0.1, -0.05) is 35.9 Å². The molecule has 8 nitrogen and oxygen atoms in total. The number of nitrogens with one attached hydrogen (secondary N) is 4. The summed E-state index contributed by atoms with van der Waals surface area (Å²) in [4.78, 5) is 28.8. The number of anilines is 2. The molecule has 0 aliphatic rings. The van der Waals surface area contributed by atoms with Crippen LogP contribution in [-0.2, 0) is 14.8 Å². The van der Waals surface area contributed by atoms with Crippen molar-refractivity contribution >= 4 is 56.0 Å². The maximum atomic E-state index is 12.6. The van der Waals surface area contributed by atoms with Gasteiger partial charge in [0.15, 0.2) is 0 Å². The predicted octanol–water partition coefficient (Wildman–Crippen LogP) is 3.96. The molecule has 162 valence electrons. The molecule has 0 saturated heterocycles. The summed E-state index contributed by atoms with van der Waals surface area (Å²) in [5, 5.41) is 3.00. The summed E-state index contributed by atoms with van der Waals surface area (Å²) >= 11 is 6.01. The third kappa shape index (κ3) is 4.90. The number of para-hydroxylation sites is 1. The van der Waals surface area contributed by atoms with Crippen molar-refractivity contribution in [3.63, 3.8) is 0 Å². The van der Waals surface area contributed by atoms with E-state index < -0.39 is 10.0 Å². The van der Waals surface area contributed by atoms with Crippen molar-refractivity contribution in [1.29, 1.82) is 0 Å². The zero-order valence-electron chi connectivity index (χ0n) is 16.4. The minimum atomic E-state index is -3.81. The highest BCUT2D eigenvalue weighted by atomic mass is 35.5. The molecule has 4 aromatic rings. The third-order valence-electron chi connectivity index (χ3n) is 4.52. The average Bonchev–Trinajstić information content (AvgIpc) is 3.13. The fourth-order valence-electron chi connectivity index (χ4n) is 2.97. The van der Waals surface area contributed by atoms with Gasteiger partial charge in [-0.3, -0.25) is 9.52 Å². The Labute approximate surface area is 188 Å². The van der Waals surface area contributed by atoms with Crippen LogP contribution in [0.25, 0.3) is 17.1 Å². The van der Waals surface area contributed by atoms with E-state index in [0.29, 0.717) is 27.3 Å². The largest absolute Gasteiger partial charge is 0.323 e. The summed E-state index contributed by atoms with van der Waals surface area (Å²) in [5.74, 6) is -0.376. The molecule has 4 rings (SSSR count). The van der Waals surface area contributed by atoms with Crippen LogP contribution in [-0.4, -0.2) is 24.3 Å². The van der Waals surface area contributed by atoms with E-state index in [2.05, 4.69) is 20.0 Å². The fraction of sp³-hybridized carbons (Fsp3) is 0. The van der Waals surface area contributed by atoms with Crippen molar-refractivity contribution in [3.05, 3.63) is 93.9 Å². The number of imidazole rings is 1. The lowest BCUT2D eigenvalue weighted by atomic mass is 10.2. The fourth-order valence-corrected chi connectivity index (χ4v) is 4.29. The summed E-state index contributed by atoms with van der Waals surface area (Å²) in [7, 11) is -3.81. The van der Waals surface area contributed by atoms with Crippen LogP contribution in [0.1, 0.15) is 5.56 Å². The zero-order chi connectivity index (χ0) is 22.7. The predicted molar refractivity (Wildman–Crippen MR) is 125 cm³/mol. The summed E-state index contributed by atoms with van der Waals surface area (Å²) in [6.45, 7) is 0. The SMILES string of the molecule is O=C(/C=C/c1ccc(S(=O)(=O)Nc2ccccc2Cl)cc1)Nc1ccc2[nH]c(=O)[nH]c2c1. The van der Waals surface area contributed by atoms with E-state index in [4.69, 9.17) is 11.6 Å². The number of H-pyrrole nitrogens is 2. The van der Waals surface area contributed by atoms with Crippen molar-refractivity contribution < 1.29 is 13.2 Å². The summed E-state index contributed by atoms with van der Waals surface area (Å²) in [5.41, 5.74) is 2.35. The van der Waals surface area contributed by atoms with Gasteiger partial charge in [0.2, 0.25) is 5.91 Å². The number of halogens is 1. The molecule has 1 amide bonds. The molecule has 4 N–H and O–H groups in total. The summed E-state index contributed by atoms with van der Waals surface area (Å²) < 4.78 is 27.6. The highest BCUT2D eigenvalue weighted by Crippen LogP contribution is 2.24. The first-order valence-corrected chi connectivity index (χ1v) is 11.2. The Morgan fingerprint density at radius 1 is 0.938 bits per heavy atom. The molecular weight excluding hydrogens is 452 g/mol. The van der Waals surface area contributed by atoms with Gasteiger partial charge < -0.3 is 15.3 Å². The maximum absolute atomic E-state index is 12.6. The van der Waals surface area contributed by atoms with Crippen molar-refractivity contribution in [2.24, 2.45) is 0 Å². The number of aromatic nitrogens is 2. The van der Waals surface area contributed by atoms with Gasteiger partial charge in [-0.15, -0.1) is 0 Å². The van der Waals surface area contributed by atoms with E-state index >= 15 is 0 Å². The van der Waals surface area contributed by atoms with Crippen molar-refractivity contribution in [2.45, 2.75) is 4.90 Å². The third-order valence-corrected chi connectivity index (χ3v) is 6.23. The normalized spacial score (nSPS) is 11.7. The number of hydrogen-bond acceptors (Lipinski definition) is 4. The molecule has 1 heterocycles. The number of benzene rings is 3. The summed E-state index contributed by atoms with van der Waals surface area (Å²) in [6.07, 6.45) is 2.89. The zero-order valence-corrected chi connectivity index (χ0v) is 18.0. The first-order valence-electron chi connectivity index (χ1n) is 9.39. The second kappa shape index (κ2) is 8.74. The molecule has 0 unspecified atom stereocenters. The van der Waals surface area contributed by atoms with Gasteiger partial charge in [0, 0.05) is 11.8 Å². The Morgan fingerprint density at radius 3 is 2.41 bits per heavy atom. The second-order valence-corrected chi connectivity index (χ2v) is 8.91. The molecule has 0 aliphatic heterocycles. The van der Waals surface area contributed by atoms with E-state index in [0.717, 1.165) is 0 Å². The van der Waals surface area contributed by atoms with Crippen molar-refractivity contribution in [1.82, 2.24) is 9.97 Å². The minimum Gasteiger partial charge on any atom is -0.322 e. The van der Waals surface area contributed by atoms with E-state index in [1.807, 2.05) is 0 Å². The Hall–Kier alpha value is -3.82. The monoisotopic (exact) mass is 468 g/mol. The second-order valence-electron chi connectivity index (χ2n) is 6.82. The first-order chi connectivity index (χ1) is 15.3. The average molecular weight is 469 g/mol. The molecule has 10 heteroatoms. The summed E-state index contributed by atoms with van der Waals surface area (Å²) in [6, 6.07) is 17.6. The molecule has 1 aromatic heterocycles. The minimum absolute atomic E-state index is 0.0628.